The number of aromatic nitrogens is 2. The van der Waals surface area contributed by atoms with Crippen LogP contribution in [0.3, 0.4) is 0 Å². The summed E-state index contributed by atoms with van der Waals surface area (Å²) in [4.78, 5) is 27.1. The van der Waals surface area contributed by atoms with E-state index in [1.54, 1.807) is 25.3 Å². The second kappa shape index (κ2) is 5.15. The third-order valence-corrected chi connectivity index (χ3v) is 3.11. The Bertz CT molecular complexity index is 553. The number of rotatable bonds is 3. The largest absolute Gasteiger partial charge is 0.481 e. The fourth-order valence-electron chi connectivity index (χ4n) is 2.23. The summed E-state index contributed by atoms with van der Waals surface area (Å²) in [7, 11) is 0. The monoisotopic (exact) mass is 266 g/mol. The number of nitrogens with zero attached hydrogens (tertiary/aromatic N) is 2. The highest BCUT2D eigenvalue weighted by atomic mass is 16.4. The Morgan fingerprint density at radius 3 is 2.32 bits per heavy atom. The second-order valence-electron chi connectivity index (χ2n) is 6.19. The summed E-state index contributed by atoms with van der Waals surface area (Å²) in [6.45, 7) is 11.7. The molecule has 5 nitrogen and oxygen atoms in total. The summed E-state index contributed by atoms with van der Waals surface area (Å²) in [5, 5.41) is 9.16. The zero-order valence-electron chi connectivity index (χ0n) is 12.4. The van der Waals surface area contributed by atoms with Gasteiger partial charge in [0.15, 0.2) is 0 Å². The minimum absolute atomic E-state index is 0.0742. The second-order valence-corrected chi connectivity index (χ2v) is 6.19. The summed E-state index contributed by atoms with van der Waals surface area (Å²) in [5.74, 6) is -1.58. The lowest BCUT2D eigenvalue weighted by atomic mass is 9.94. The van der Waals surface area contributed by atoms with Gasteiger partial charge < -0.3 is 5.11 Å². The van der Waals surface area contributed by atoms with Gasteiger partial charge in [0.2, 0.25) is 0 Å². The van der Waals surface area contributed by atoms with E-state index in [0.29, 0.717) is 23.5 Å². The number of carbonyl (C=O) groups is 1. The number of hydrogen-bond acceptors (Lipinski definition) is 3. The number of carboxylic acid groups (broad SMARTS) is 1. The lowest BCUT2D eigenvalue weighted by molar-refractivity contribution is -0.138. The first-order valence-electron chi connectivity index (χ1n) is 6.35. The number of aryl methyl sites for hydroxylation is 1. The Morgan fingerprint density at radius 1 is 1.37 bits per heavy atom. The van der Waals surface area contributed by atoms with E-state index in [2.05, 4.69) is 4.98 Å². The number of aliphatic carboxylic acids is 1. The third kappa shape index (κ3) is 3.43. The zero-order chi connectivity index (χ0) is 15.0. The topological polar surface area (TPSA) is 72.2 Å². The van der Waals surface area contributed by atoms with Crippen LogP contribution in [0.4, 0.5) is 0 Å². The molecule has 1 heterocycles. The van der Waals surface area contributed by atoms with Crippen LogP contribution in [0.1, 0.15) is 50.6 Å². The molecule has 1 unspecified atom stereocenters. The van der Waals surface area contributed by atoms with E-state index in [1.165, 1.54) is 0 Å². The van der Waals surface area contributed by atoms with Crippen molar-refractivity contribution in [2.45, 2.75) is 54.0 Å². The molecule has 0 amide bonds. The van der Waals surface area contributed by atoms with Crippen LogP contribution in [0, 0.1) is 19.3 Å². The fourth-order valence-corrected chi connectivity index (χ4v) is 2.23. The van der Waals surface area contributed by atoms with Gasteiger partial charge in [-0.3, -0.25) is 9.36 Å². The van der Waals surface area contributed by atoms with Crippen LogP contribution in [0.25, 0.3) is 0 Å². The van der Waals surface area contributed by atoms with Gasteiger partial charge in [-0.15, -0.1) is 0 Å². The fraction of sp³-hybridized carbons (Fsp3) is 0.643. The standard InChI is InChI=1S/C14H22N2O3/c1-8(12(17)18)11-9(2)15-13(19)16(10(11)3)7-14(4,5)6/h8H,7H2,1-6H3,(H,17,18). The summed E-state index contributed by atoms with van der Waals surface area (Å²) in [6.07, 6.45) is 0. The molecule has 5 heteroatoms. The van der Waals surface area contributed by atoms with Gasteiger partial charge in [-0.2, -0.15) is 4.98 Å². The Morgan fingerprint density at radius 2 is 1.89 bits per heavy atom. The Labute approximate surface area is 113 Å². The lowest BCUT2D eigenvalue weighted by Crippen LogP contribution is -2.33. The van der Waals surface area contributed by atoms with Crippen LogP contribution in [0.5, 0.6) is 0 Å². The molecule has 1 rings (SSSR count). The Kier molecular flexibility index (Phi) is 4.18. The lowest BCUT2D eigenvalue weighted by Gasteiger charge is -2.24. The molecule has 0 aliphatic heterocycles. The maximum absolute atomic E-state index is 12.0. The molecule has 1 N–H and O–H groups in total. The molecule has 19 heavy (non-hydrogen) atoms. The van der Waals surface area contributed by atoms with Crippen molar-refractivity contribution in [1.29, 1.82) is 0 Å². The molecule has 1 aromatic rings. The molecular formula is C14H22N2O3. The van der Waals surface area contributed by atoms with Crippen LogP contribution in [0.15, 0.2) is 4.79 Å². The highest BCUT2D eigenvalue weighted by molar-refractivity contribution is 5.76. The quantitative estimate of drug-likeness (QED) is 0.909. The van der Waals surface area contributed by atoms with Crippen LogP contribution < -0.4 is 5.69 Å². The average molecular weight is 266 g/mol. The normalized spacial score (nSPS) is 13.4. The highest BCUT2D eigenvalue weighted by Crippen LogP contribution is 2.23. The number of hydrogen-bond donors (Lipinski definition) is 1. The molecule has 1 aromatic heterocycles. The van der Waals surface area contributed by atoms with Crippen molar-refractivity contribution in [2.75, 3.05) is 0 Å². The first-order valence-corrected chi connectivity index (χ1v) is 6.35. The van der Waals surface area contributed by atoms with Crippen LogP contribution in [0.2, 0.25) is 0 Å². The van der Waals surface area contributed by atoms with Crippen molar-refractivity contribution < 1.29 is 9.90 Å². The highest BCUT2D eigenvalue weighted by Gasteiger charge is 2.23. The maximum Gasteiger partial charge on any atom is 0.347 e. The molecule has 0 aliphatic carbocycles. The summed E-state index contributed by atoms with van der Waals surface area (Å²) >= 11 is 0. The summed E-state index contributed by atoms with van der Waals surface area (Å²) in [5.41, 5.74) is 1.45. The first-order chi connectivity index (χ1) is 8.54. The van der Waals surface area contributed by atoms with Crippen molar-refractivity contribution >= 4 is 5.97 Å². The van der Waals surface area contributed by atoms with Gasteiger partial charge in [0, 0.05) is 23.5 Å². The van der Waals surface area contributed by atoms with Gasteiger partial charge >= 0.3 is 11.7 Å². The van der Waals surface area contributed by atoms with Crippen molar-refractivity contribution in [3.63, 3.8) is 0 Å². The molecular weight excluding hydrogens is 244 g/mol. The minimum Gasteiger partial charge on any atom is -0.481 e. The van der Waals surface area contributed by atoms with E-state index < -0.39 is 11.9 Å². The smallest absolute Gasteiger partial charge is 0.347 e. The van der Waals surface area contributed by atoms with Crippen molar-refractivity contribution in [2.24, 2.45) is 5.41 Å². The molecule has 0 saturated carbocycles. The van der Waals surface area contributed by atoms with Crippen LogP contribution in [-0.4, -0.2) is 20.6 Å². The van der Waals surface area contributed by atoms with E-state index >= 15 is 0 Å². The summed E-state index contributed by atoms with van der Waals surface area (Å²) in [6, 6.07) is 0. The molecule has 0 aliphatic rings. The predicted molar refractivity (Wildman–Crippen MR) is 73.5 cm³/mol. The van der Waals surface area contributed by atoms with Gasteiger partial charge in [0.25, 0.3) is 0 Å². The van der Waals surface area contributed by atoms with Crippen LogP contribution >= 0.6 is 0 Å². The van der Waals surface area contributed by atoms with E-state index in [9.17, 15) is 9.59 Å². The zero-order valence-corrected chi connectivity index (χ0v) is 12.4. The predicted octanol–water partition coefficient (Wildman–Crippen LogP) is 2.09. The molecule has 0 radical (unpaired) electrons. The van der Waals surface area contributed by atoms with Gasteiger partial charge in [0.05, 0.1) is 5.92 Å². The molecule has 0 spiro atoms. The number of carboxylic acids is 1. The third-order valence-electron chi connectivity index (χ3n) is 3.11. The minimum atomic E-state index is -0.908. The Hall–Kier alpha value is -1.65. The molecule has 0 bridgehead atoms. The van der Waals surface area contributed by atoms with E-state index in [1.807, 2.05) is 20.8 Å². The molecule has 1 atom stereocenters. The van der Waals surface area contributed by atoms with Gasteiger partial charge in [-0.25, -0.2) is 4.79 Å². The SMILES string of the molecule is Cc1nc(=O)n(CC(C)(C)C)c(C)c1C(C)C(=O)O. The molecule has 0 aromatic carbocycles. The van der Waals surface area contributed by atoms with Gasteiger partial charge in [-0.05, 0) is 26.2 Å². The van der Waals surface area contributed by atoms with Crippen molar-refractivity contribution in [3.05, 3.63) is 27.4 Å². The van der Waals surface area contributed by atoms with Crippen molar-refractivity contribution in [1.82, 2.24) is 9.55 Å². The first kappa shape index (κ1) is 15.4. The van der Waals surface area contributed by atoms with E-state index in [0.717, 1.165) is 0 Å². The van der Waals surface area contributed by atoms with Crippen molar-refractivity contribution in [3.8, 4) is 0 Å². The molecule has 0 fully saturated rings. The molecule has 106 valence electrons. The Balaban J connectivity index is 3.47. The average Bonchev–Trinajstić information content (AvgIpc) is 2.22. The van der Waals surface area contributed by atoms with E-state index in [4.69, 9.17) is 5.11 Å². The van der Waals surface area contributed by atoms with Gasteiger partial charge in [0.1, 0.15) is 0 Å². The van der Waals surface area contributed by atoms with E-state index in [-0.39, 0.29) is 11.1 Å². The van der Waals surface area contributed by atoms with Gasteiger partial charge in [-0.1, -0.05) is 20.8 Å². The summed E-state index contributed by atoms with van der Waals surface area (Å²) < 4.78 is 1.57. The molecule has 0 saturated heterocycles. The van der Waals surface area contributed by atoms with Crippen LogP contribution in [-0.2, 0) is 11.3 Å². The maximum atomic E-state index is 12.0.